The number of hydrogen-bond acceptors (Lipinski definition) is 2. The van der Waals surface area contributed by atoms with Gasteiger partial charge in [0.2, 0.25) is 5.91 Å². The molecule has 0 aliphatic heterocycles. The van der Waals surface area contributed by atoms with Gasteiger partial charge in [-0.1, -0.05) is 19.1 Å². The average molecular weight is 339 g/mol. The second kappa shape index (κ2) is 9.00. The molecule has 3 nitrogen and oxygen atoms in total. The Morgan fingerprint density at radius 3 is 2.23 bits per heavy atom. The molecule has 22 heavy (non-hydrogen) atoms. The molecule has 1 aromatic rings. The zero-order valence-corrected chi connectivity index (χ0v) is 13.4. The Balaban J connectivity index is 0.00000441. The first-order chi connectivity index (χ1) is 9.70. The van der Waals surface area contributed by atoms with Crippen molar-refractivity contribution in [1.29, 1.82) is 0 Å². The van der Waals surface area contributed by atoms with Gasteiger partial charge in [0.1, 0.15) is 0 Å². The lowest BCUT2D eigenvalue weighted by Gasteiger charge is -2.14. The molecule has 0 aliphatic rings. The summed E-state index contributed by atoms with van der Waals surface area (Å²) >= 11 is 0. The third-order valence-electron chi connectivity index (χ3n) is 3.17. The van der Waals surface area contributed by atoms with Gasteiger partial charge in [-0.05, 0) is 37.5 Å². The topological polar surface area (TPSA) is 55.1 Å². The molecular formula is C15H22ClF3N2O. The van der Waals surface area contributed by atoms with Crippen molar-refractivity contribution in [1.82, 2.24) is 5.32 Å². The fraction of sp³-hybridized carbons (Fsp3) is 0.533. The lowest BCUT2D eigenvalue weighted by molar-refractivity contribution is -0.137. The molecule has 1 amide bonds. The van der Waals surface area contributed by atoms with Crippen LogP contribution in [0.2, 0.25) is 0 Å². The molecule has 0 aliphatic carbocycles. The van der Waals surface area contributed by atoms with Gasteiger partial charge in [-0.3, -0.25) is 4.79 Å². The molecule has 0 fully saturated rings. The highest BCUT2D eigenvalue weighted by atomic mass is 35.5. The third kappa shape index (κ3) is 7.13. The van der Waals surface area contributed by atoms with Crippen LogP contribution in [0.25, 0.3) is 0 Å². The summed E-state index contributed by atoms with van der Waals surface area (Å²) in [5.74, 6) is -0.412. The predicted molar refractivity (Wildman–Crippen MR) is 82.8 cm³/mol. The normalized spacial score (nSPS) is 13.9. The van der Waals surface area contributed by atoms with E-state index in [1.807, 2.05) is 6.92 Å². The van der Waals surface area contributed by atoms with Gasteiger partial charge in [0.15, 0.2) is 0 Å². The number of alkyl halides is 3. The molecule has 2 atom stereocenters. The SMILES string of the molecule is CC(N)CCNC(=O)C(C)Cc1ccc(C(F)(F)F)cc1.Cl. The quantitative estimate of drug-likeness (QED) is 0.837. The van der Waals surface area contributed by atoms with E-state index in [0.717, 1.165) is 12.1 Å². The molecule has 0 radical (unpaired) electrons. The number of halogens is 4. The number of amides is 1. The Bertz CT molecular complexity index is 461. The minimum atomic E-state index is -4.33. The molecule has 1 rings (SSSR count). The minimum absolute atomic E-state index is 0. The van der Waals surface area contributed by atoms with E-state index in [9.17, 15) is 18.0 Å². The summed E-state index contributed by atoms with van der Waals surface area (Å²) in [7, 11) is 0. The number of benzene rings is 1. The highest BCUT2D eigenvalue weighted by Gasteiger charge is 2.30. The van der Waals surface area contributed by atoms with E-state index in [1.165, 1.54) is 12.1 Å². The van der Waals surface area contributed by atoms with Crippen molar-refractivity contribution in [3.8, 4) is 0 Å². The fourth-order valence-corrected chi connectivity index (χ4v) is 1.87. The highest BCUT2D eigenvalue weighted by molar-refractivity contribution is 5.85. The second-order valence-electron chi connectivity index (χ2n) is 5.36. The third-order valence-corrected chi connectivity index (χ3v) is 3.17. The Labute approximate surface area is 134 Å². The van der Waals surface area contributed by atoms with E-state index in [-0.39, 0.29) is 30.3 Å². The highest BCUT2D eigenvalue weighted by Crippen LogP contribution is 2.29. The number of carbonyl (C=O) groups is 1. The van der Waals surface area contributed by atoms with Crippen molar-refractivity contribution in [3.63, 3.8) is 0 Å². The summed E-state index contributed by atoms with van der Waals surface area (Å²) in [6, 6.07) is 4.92. The molecule has 7 heteroatoms. The lowest BCUT2D eigenvalue weighted by atomic mass is 9.99. The van der Waals surface area contributed by atoms with Crippen LogP contribution in [0.5, 0.6) is 0 Å². The van der Waals surface area contributed by atoms with Crippen LogP contribution in [0.4, 0.5) is 13.2 Å². The number of nitrogens with two attached hydrogens (primary N) is 1. The fourth-order valence-electron chi connectivity index (χ4n) is 1.87. The summed E-state index contributed by atoms with van der Waals surface area (Å²) in [5, 5.41) is 2.77. The van der Waals surface area contributed by atoms with Crippen molar-refractivity contribution in [2.45, 2.75) is 38.9 Å². The molecule has 0 saturated heterocycles. The molecule has 0 saturated carbocycles. The van der Waals surface area contributed by atoms with E-state index in [2.05, 4.69) is 5.32 Å². The number of nitrogens with one attached hydrogen (secondary N) is 1. The van der Waals surface area contributed by atoms with Crippen LogP contribution in [0.1, 0.15) is 31.4 Å². The van der Waals surface area contributed by atoms with Crippen LogP contribution in [0.15, 0.2) is 24.3 Å². The summed E-state index contributed by atoms with van der Waals surface area (Å²) in [6.45, 7) is 4.12. The maximum atomic E-state index is 12.4. The van der Waals surface area contributed by atoms with Gasteiger partial charge in [-0.15, -0.1) is 12.4 Å². The molecule has 0 bridgehead atoms. The van der Waals surface area contributed by atoms with Gasteiger partial charge >= 0.3 is 6.18 Å². The van der Waals surface area contributed by atoms with Gasteiger partial charge in [-0.2, -0.15) is 13.2 Å². The van der Waals surface area contributed by atoms with Crippen molar-refractivity contribution in [2.75, 3.05) is 6.54 Å². The van der Waals surface area contributed by atoms with Crippen LogP contribution in [0, 0.1) is 5.92 Å². The molecule has 2 unspecified atom stereocenters. The summed E-state index contributed by atoms with van der Waals surface area (Å²) in [6.07, 6.45) is -3.23. The van der Waals surface area contributed by atoms with Gasteiger partial charge in [0.25, 0.3) is 0 Å². The zero-order valence-electron chi connectivity index (χ0n) is 12.6. The van der Waals surface area contributed by atoms with Crippen LogP contribution in [-0.2, 0) is 17.4 Å². The first-order valence-corrected chi connectivity index (χ1v) is 6.89. The maximum absolute atomic E-state index is 12.4. The molecular weight excluding hydrogens is 317 g/mol. The van der Waals surface area contributed by atoms with Crippen LogP contribution in [-0.4, -0.2) is 18.5 Å². The van der Waals surface area contributed by atoms with E-state index in [4.69, 9.17) is 5.73 Å². The van der Waals surface area contributed by atoms with E-state index < -0.39 is 11.7 Å². The molecule has 126 valence electrons. The molecule has 0 heterocycles. The average Bonchev–Trinajstić information content (AvgIpc) is 2.37. The first-order valence-electron chi connectivity index (χ1n) is 6.89. The smallest absolute Gasteiger partial charge is 0.356 e. The number of carbonyl (C=O) groups excluding carboxylic acids is 1. The Kier molecular flexibility index (Phi) is 8.48. The molecule has 1 aromatic carbocycles. The van der Waals surface area contributed by atoms with E-state index >= 15 is 0 Å². The number of rotatable bonds is 6. The monoisotopic (exact) mass is 338 g/mol. The Morgan fingerprint density at radius 1 is 1.23 bits per heavy atom. The van der Waals surface area contributed by atoms with Gasteiger partial charge in [0.05, 0.1) is 5.56 Å². The molecule has 0 spiro atoms. The van der Waals surface area contributed by atoms with E-state index in [1.54, 1.807) is 6.92 Å². The number of hydrogen-bond donors (Lipinski definition) is 2. The van der Waals surface area contributed by atoms with Crippen molar-refractivity contribution < 1.29 is 18.0 Å². The molecule has 3 N–H and O–H groups in total. The second-order valence-corrected chi connectivity index (χ2v) is 5.36. The summed E-state index contributed by atoms with van der Waals surface area (Å²) in [5.41, 5.74) is 5.61. The van der Waals surface area contributed by atoms with Gasteiger partial charge in [-0.25, -0.2) is 0 Å². The summed E-state index contributed by atoms with van der Waals surface area (Å²) < 4.78 is 37.3. The van der Waals surface area contributed by atoms with Crippen LogP contribution < -0.4 is 11.1 Å². The standard InChI is InChI=1S/C15H21F3N2O.ClH/c1-10(14(21)20-8-7-11(2)19)9-12-3-5-13(6-4-12)15(16,17)18;/h3-6,10-11H,7-9,19H2,1-2H3,(H,20,21);1H. The Hall–Kier alpha value is -1.27. The lowest BCUT2D eigenvalue weighted by Crippen LogP contribution is -2.33. The predicted octanol–water partition coefficient (Wildman–Crippen LogP) is 3.16. The van der Waals surface area contributed by atoms with Gasteiger partial charge < -0.3 is 11.1 Å². The van der Waals surface area contributed by atoms with Gasteiger partial charge in [0, 0.05) is 18.5 Å². The minimum Gasteiger partial charge on any atom is -0.356 e. The van der Waals surface area contributed by atoms with Crippen molar-refractivity contribution >= 4 is 18.3 Å². The van der Waals surface area contributed by atoms with E-state index in [0.29, 0.717) is 24.9 Å². The molecule has 0 aromatic heterocycles. The zero-order chi connectivity index (χ0) is 16.0. The Morgan fingerprint density at radius 2 is 1.77 bits per heavy atom. The van der Waals surface area contributed by atoms with Crippen LogP contribution in [0.3, 0.4) is 0 Å². The summed E-state index contributed by atoms with van der Waals surface area (Å²) in [4.78, 5) is 11.8. The van der Waals surface area contributed by atoms with Crippen molar-refractivity contribution in [3.05, 3.63) is 35.4 Å². The van der Waals surface area contributed by atoms with Crippen LogP contribution >= 0.6 is 12.4 Å². The first kappa shape index (κ1) is 20.7. The largest absolute Gasteiger partial charge is 0.416 e. The maximum Gasteiger partial charge on any atom is 0.416 e. The van der Waals surface area contributed by atoms with Crippen molar-refractivity contribution in [2.24, 2.45) is 11.7 Å².